The lowest BCUT2D eigenvalue weighted by atomic mass is 10.1. The molecule has 0 unspecified atom stereocenters. The van der Waals surface area contributed by atoms with Crippen LogP contribution in [0.2, 0.25) is 0 Å². The number of hydrogen-bond acceptors (Lipinski definition) is 6. The van der Waals surface area contributed by atoms with Gasteiger partial charge in [0.2, 0.25) is 5.91 Å². The molecule has 1 N–H and O–H groups in total. The molecule has 1 amide bonds. The Morgan fingerprint density at radius 2 is 2.07 bits per heavy atom. The van der Waals surface area contributed by atoms with Gasteiger partial charge in [0.25, 0.3) is 0 Å². The number of rotatable bonds is 5. The number of sulfone groups is 1. The lowest BCUT2D eigenvalue weighted by molar-refractivity contribution is -0.138. The van der Waals surface area contributed by atoms with E-state index in [4.69, 9.17) is 9.84 Å². The molecule has 0 saturated carbocycles. The van der Waals surface area contributed by atoms with E-state index >= 15 is 0 Å². The number of amidine groups is 1. The molecule has 0 radical (unpaired) electrons. The zero-order valence-electron chi connectivity index (χ0n) is 14.9. The van der Waals surface area contributed by atoms with Crippen molar-refractivity contribution >= 4 is 44.3 Å². The van der Waals surface area contributed by atoms with Crippen molar-refractivity contribution in [3.63, 3.8) is 0 Å². The fourth-order valence-corrected chi connectivity index (χ4v) is 7.14. The van der Waals surface area contributed by atoms with E-state index in [9.17, 15) is 18.0 Å². The number of methoxy groups -OCH3 is 1. The molecule has 146 valence electrons. The quantitative estimate of drug-likeness (QED) is 0.773. The van der Waals surface area contributed by atoms with E-state index in [1.54, 1.807) is 11.0 Å². The van der Waals surface area contributed by atoms with Crippen molar-refractivity contribution < 1.29 is 27.9 Å². The largest absolute Gasteiger partial charge is 0.495 e. The molecule has 0 aromatic heterocycles. The standard InChI is InChI=1S/C17H20N2O6S2/c1-10-3-4-13(25-2)11(7-10)19-12-8-27(23,24)9-14(12)26-17(19)18-15(20)5-6-16(21)22/h3-4,7,12,14H,5-6,8-9H2,1-2H3,(H,21,22)/t12-,14-/m0/s1. The average molecular weight is 412 g/mol. The molecule has 2 heterocycles. The summed E-state index contributed by atoms with van der Waals surface area (Å²) in [6.45, 7) is 1.91. The molecule has 0 aliphatic carbocycles. The van der Waals surface area contributed by atoms with Crippen molar-refractivity contribution in [3.05, 3.63) is 23.8 Å². The number of aliphatic imine (C=N–C) groups is 1. The summed E-state index contributed by atoms with van der Waals surface area (Å²) in [5, 5.41) is 8.90. The molecule has 8 nitrogen and oxygen atoms in total. The number of hydrogen-bond donors (Lipinski definition) is 1. The van der Waals surface area contributed by atoms with Crippen molar-refractivity contribution in [2.75, 3.05) is 23.5 Å². The van der Waals surface area contributed by atoms with Crippen LogP contribution in [0.15, 0.2) is 23.2 Å². The second kappa shape index (κ2) is 7.51. The first kappa shape index (κ1) is 19.7. The Kier molecular flexibility index (Phi) is 5.48. The third-order valence-electron chi connectivity index (χ3n) is 4.43. The summed E-state index contributed by atoms with van der Waals surface area (Å²) in [4.78, 5) is 28.6. The summed E-state index contributed by atoms with van der Waals surface area (Å²) >= 11 is 1.25. The first-order valence-electron chi connectivity index (χ1n) is 8.34. The molecular weight excluding hydrogens is 392 g/mol. The normalized spacial score (nSPS) is 24.8. The molecule has 1 aromatic rings. The number of carboxylic acids is 1. The van der Waals surface area contributed by atoms with Crippen molar-refractivity contribution in [1.29, 1.82) is 0 Å². The van der Waals surface area contributed by atoms with Crippen molar-refractivity contribution in [1.82, 2.24) is 0 Å². The van der Waals surface area contributed by atoms with Crippen molar-refractivity contribution in [2.45, 2.75) is 31.1 Å². The number of nitrogens with zero attached hydrogens (tertiary/aromatic N) is 2. The number of aliphatic carboxylic acids is 1. The number of carboxylic acid groups (broad SMARTS) is 1. The Labute approximate surface area is 161 Å². The minimum atomic E-state index is -3.17. The van der Waals surface area contributed by atoms with Crippen LogP contribution in [0.1, 0.15) is 18.4 Å². The highest BCUT2D eigenvalue weighted by molar-refractivity contribution is 8.16. The van der Waals surface area contributed by atoms with Crippen LogP contribution in [-0.2, 0) is 19.4 Å². The second-order valence-corrected chi connectivity index (χ2v) is 9.89. The Hall–Kier alpha value is -2.07. The SMILES string of the molecule is COc1ccc(C)cc1N1C(=NC(=O)CCC(=O)O)S[C@H]2CS(=O)(=O)C[C@@H]21. The lowest BCUT2D eigenvalue weighted by Crippen LogP contribution is -2.38. The topological polar surface area (TPSA) is 113 Å². The van der Waals surface area contributed by atoms with Crippen LogP contribution < -0.4 is 9.64 Å². The molecule has 2 aliphatic rings. The fourth-order valence-electron chi connectivity index (χ4n) is 3.21. The number of aryl methyl sites for hydroxylation is 1. The zero-order valence-corrected chi connectivity index (χ0v) is 16.5. The van der Waals surface area contributed by atoms with Crippen molar-refractivity contribution in [3.8, 4) is 5.75 Å². The van der Waals surface area contributed by atoms with Crippen LogP contribution in [0.25, 0.3) is 0 Å². The summed E-state index contributed by atoms with van der Waals surface area (Å²) in [6.07, 6.45) is -0.499. The molecular formula is C17H20N2O6S2. The minimum absolute atomic E-state index is 0.0231. The van der Waals surface area contributed by atoms with E-state index in [2.05, 4.69) is 4.99 Å². The summed E-state index contributed by atoms with van der Waals surface area (Å²) in [5.74, 6) is -1.06. The highest BCUT2D eigenvalue weighted by Gasteiger charge is 2.50. The van der Waals surface area contributed by atoms with Gasteiger partial charge in [-0.2, -0.15) is 4.99 Å². The van der Waals surface area contributed by atoms with Crippen LogP contribution in [0.5, 0.6) is 5.75 Å². The van der Waals surface area contributed by atoms with Gasteiger partial charge in [0, 0.05) is 11.7 Å². The van der Waals surface area contributed by atoms with E-state index < -0.39 is 21.7 Å². The molecule has 0 bridgehead atoms. The van der Waals surface area contributed by atoms with Gasteiger partial charge >= 0.3 is 5.97 Å². The Morgan fingerprint density at radius 3 is 2.74 bits per heavy atom. The Bertz CT molecular complexity index is 912. The second-order valence-electron chi connectivity index (χ2n) is 6.53. The maximum atomic E-state index is 12.1. The maximum Gasteiger partial charge on any atom is 0.303 e. The predicted octanol–water partition coefficient (Wildman–Crippen LogP) is 1.47. The molecule has 2 aliphatic heterocycles. The summed E-state index contributed by atoms with van der Waals surface area (Å²) < 4.78 is 29.6. The fraction of sp³-hybridized carbons (Fsp3) is 0.471. The average Bonchev–Trinajstić information content (AvgIpc) is 3.03. The highest BCUT2D eigenvalue weighted by atomic mass is 32.2. The third kappa shape index (κ3) is 4.27. The van der Waals surface area contributed by atoms with Gasteiger partial charge in [0.15, 0.2) is 15.0 Å². The number of carbonyl (C=O) groups is 2. The molecule has 2 fully saturated rings. The number of amides is 1. The Morgan fingerprint density at radius 1 is 1.33 bits per heavy atom. The van der Waals surface area contributed by atoms with Gasteiger partial charge in [-0.25, -0.2) is 8.42 Å². The van der Waals surface area contributed by atoms with E-state index in [1.807, 2.05) is 19.1 Å². The molecule has 2 saturated heterocycles. The van der Waals surface area contributed by atoms with Crippen LogP contribution in [0.3, 0.4) is 0 Å². The predicted molar refractivity (Wildman–Crippen MR) is 103 cm³/mol. The van der Waals surface area contributed by atoms with Crippen LogP contribution in [0.4, 0.5) is 5.69 Å². The number of carbonyl (C=O) groups excluding carboxylic acids is 1. The summed E-state index contributed by atoms with van der Waals surface area (Å²) in [6, 6.07) is 5.19. The molecule has 27 heavy (non-hydrogen) atoms. The van der Waals surface area contributed by atoms with Gasteiger partial charge in [0.05, 0.1) is 36.8 Å². The number of thioether (sulfide) groups is 1. The van der Waals surface area contributed by atoms with Crippen LogP contribution in [-0.4, -0.2) is 60.5 Å². The van der Waals surface area contributed by atoms with E-state index in [0.29, 0.717) is 16.6 Å². The van der Waals surface area contributed by atoms with Crippen LogP contribution in [0, 0.1) is 6.92 Å². The maximum absolute atomic E-state index is 12.1. The van der Waals surface area contributed by atoms with Crippen molar-refractivity contribution in [2.24, 2.45) is 4.99 Å². The first-order chi connectivity index (χ1) is 12.7. The molecule has 10 heteroatoms. The van der Waals surface area contributed by atoms with E-state index in [0.717, 1.165) is 5.56 Å². The lowest BCUT2D eigenvalue weighted by Gasteiger charge is -2.26. The number of benzene rings is 1. The number of ether oxygens (including phenoxy) is 1. The monoisotopic (exact) mass is 412 g/mol. The molecule has 3 rings (SSSR count). The van der Waals surface area contributed by atoms with Gasteiger partial charge in [-0.05, 0) is 24.6 Å². The molecule has 0 spiro atoms. The number of fused-ring (bicyclic) bond motifs is 1. The van der Waals surface area contributed by atoms with Crippen LogP contribution >= 0.6 is 11.8 Å². The first-order valence-corrected chi connectivity index (χ1v) is 11.0. The molecule has 2 atom stereocenters. The smallest absolute Gasteiger partial charge is 0.303 e. The third-order valence-corrected chi connectivity index (χ3v) is 7.64. The van der Waals surface area contributed by atoms with Gasteiger partial charge in [-0.3, -0.25) is 9.59 Å². The zero-order chi connectivity index (χ0) is 19.8. The molecule has 1 aromatic carbocycles. The summed E-state index contributed by atoms with van der Waals surface area (Å²) in [5.41, 5.74) is 1.61. The van der Waals surface area contributed by atoms with Gasteiger partial charge in [0.1, 0.15) is 5.75 Å². The van der Waals surface area contributed by atoms with Gasteiger partial charge in [-0.15, -0.1) is 0 Å². The number of anilines is 1. The summed E-state index contributed by atoms with van der Waals surface area (Å²) in [7, 11) is -1.65. The van der Waals surface area contributed by atoms with Gasteiger partial charge in [-0.1, -0.05) is 17.8 Å². The van der Waals surface area contributed by atoms with E-state index in [1.165, 1.54) is 18.9 Å². The minimum Gasteiger partial charge on any atom is -0.495 e. The van der Waals surface area contributed by atoms with E-state index in [-0.39, 0.29) is 35.6 Å². The van der Waals surface area contributed by atoms with Gasteiger partial charge < -0.3 is 14.7 Å². The Balaban J connectivity index is 2.00. The highest BCUT2D eigenvalue weighted by Crippen LogP contribution is 2.44.